The Kier molecular flexibility index (Phi) is 6.01. The van der Waals surface area contributed by atoms with Crippen LogP contribution < -0.4 is 11.1 Å². The van der Waals surface area contributed by atoms with Crippen LogP contribution >= 0.6 is 0 Å². The molecule has 8 nitrogen and oxygen atoms in total. The molecule has 2 amide bonds. The quantitative estimate of drug-likeness (QED) is 0.808. The summed E-state index contributed by atoms with van der Waals surface area (Å²) in [7, 11) is 0. The first-order valence-corrected chi connectivity index (χ1v) is 9.37. The van der Waals surface area contributed by atoms with Crippen molar-refractivity contribution < 1.29 is 9.59 Å². The number of likely N-dealkylation sites (tertiary alicyclic amines) is 1. The molecule has 3 rings (SSSR count). The molecule has 0 bridgehead atoms. The van der Waals surface area contributed by atoms with Crippen LogP contribution in [0.2, 0.25) is 0 Å². The number of aromatic nitrogens is 3. The molecule has 0 radical (unpaired) electrons. The van der Waals surface area contributed by atoms with Gasteiger partial charge in [0.05, 0.1) is 12.7 Å². The van der Waals surface area contributed by atoms with Gasteiger partial charge in [0.15, 0.2) is 5.69 Å². The number of nitrogens with one attached hydrogen (secondary N) is 1. The van der Waals surface area contributed by atoms with E-state index in [1.165, 1.54) is 0 Å². The summed E-state index contributed by atoms with van der Waals surface area (Å²) in [5.41, 5.74) is 5.78. The molecule has 1 aromatic rings. The van der Waals surface area contributed by atoms with Crippen LogP contribution in [0.1, 0.15) is 55.4 Å². The van der Waals surface area contributed by atoms with E-state index >= 15 is 0 Å². The van der Waals surface area contributed by atoms with E-state index in [9.17, 15) is 9.59 Å². The minimum absolute atomic E-state index is 0.0278. The lowest BCUT2D eigenvalue weighted by Crippen LogP contribution is -2.46. The summed E-state index contributed by atoms with van der Waals surface area (Å²) in [4.78, 5) is 27.1. The molecule has 2 heterocycles. The van der Waals surface area contributed by atoms with Gasteiger partial charge in [0.2, 0.25) is 5.91 Å². The number of carbonyl (C=O) groups is 2. The lowest BCUT2D eigenvalue weighted by Gasteiger charge is -2.27. The van der Waals surface area contributed by atoms with Crippen molar-refractivity contribution in [3.05, 3.63) is 11.9 Å². The zero-order valence-electron chi connectivity index (χ0n) is 14.7. The zero-order valence-corrected chi connectivity index (χ0v) is 14.7. The van der Waals surface area contributed by atoms with Crippen molar-refractivity contribution in [2.45, 2.75) is 57.5 Å². The molecular weight excluding hydrogens is 320 g/mol. The maximum atomic E-state index is 12.7. The molecule has 0 spiro atoms. The third-order valence-electron chi connectivity index (χ3n) is 5.15. The summed E-state index contributed by atoms with van der Waals surface area (Å²) < 4.78 is 1.57. The summed E-state index contributed by atoms with van der Waals surface area (Å²) in [6.45, 7) is 2.38. The first-order chi connectivity index (χ1) is 12.2. The van der Waals surface area contributed by atoms with Gasteiger partial charge in [0.25, 0.3) is 5.91 Å². The van der Waals surface area contributed by atoms with Gasteiger partial charge in [0.1, 0.15) is 0 Å². The molecule has 1 unspecified atom stereocenters. The first-order valence-electron chi connectivity index (χ1n) is 9.37. The highest BCUT2D eigenvalue weighted by atomic mass is 16.2. The van der Waals surface area contributed by atoms with Gasteiger partial charge in [-0.25, -0.2) is 0 Å². The normalized spacial score (nSPS) is 22.0. The van der Waals surface area contributed by atoms with Crippen molar-refractivity contribution in [2.75, 3.05) is 19.6 Å². The van der Waals surface area contributed by atoms with Gasteiger partial charge >= 0.3 is 0 Å². The smallest absolute Gasteiger partial charge is 0.273 e. The van der Waals surface area contributed by atoms with E-state index in [0.29, 0.717) is 25.3 Å². The number of hydrogen-bond acceptors (Lipinski definition) is 5. The van der Waals surface area contributed by atoms with Gasteiger partial charge < -0.3 is 16.0 Å². The maximum absolute atomic E-state index is 12.7. The van der Waals surface area contributed by atoms with Gasteiger partial charge in [0, 0.05) is 31.6 Å². The van der Waals surface area contributed by atoms with E-state index in [0.717, 1.165) is 51.5 Å². The molecule has 1 saturated heterocycles. The highest BCUT2D eigenvalue weighted by molar-refractivity contribution is 5.92. The van der Waals surface area contributed by atoms with Crippen molar-refractivity contribution >= 4 is 11.8 Å². The van der Waals surface area contributed by atoms with Crippen LogP contribution in [-0.2, 0) is 11.3 Å². The van der Waals surface area contributed by atoms with Crippen LogP contribution in [0.4, 0.5) is 0 Å². The van der Waals surface area contributed by atoms with Gasteiger partial charge in [-0.05, 0) is 32.1 Å². The van der Waals surface area contributed by atoms with Gasteiger partial charge in [-0.15, -0.1) is 5.10 Å². The molecule has 25 heavy (non-hydrogen) atoms. The fourth-order valence-corrected chi connectivity index (χ4v) is 3.79. The molecule has 2 fully saturated rings. The number of rotatable bonds is 5. The highest BCUT2D eigenvalue weighted by Crippen LogP contribution is 2.27. The average Bonchev–Trinajstić information content (AvgIpc) is 3.24. The fourth-order valence-electron chi connectivity index (χ4n) is 3.79. The Morgan fingerprint density at radius 1 is 1.20 bits per heavy atom. The third-order valence-corrected chi connectivity index (χ3v) is 5.15. The molecule has 1 atom stereocenters. The maximum Gasteiger partial charge on any atom is 0.273 e. The van der Waals surface area contributed by atoms with E-state index in [4.69, 9.17) is 5.73 Å². The molecule has 1 aliphatic carbocycles. The number of nitrogens with two attached hydrogens (primary N) is 1. The van der Waals surface area contributed by atoms with Gasteiger partial charge in [-0.1, -0.05) is 18.1 Å². The summed E-state index contributed by atoms with van der Waals surface area (Å²) in [6, 6.07) is -0.0278. The van der Waals surface area contributed by atoms with Gasteiger partial charge in [-0.2, -0.15) is 0 Å². The molecule has 1 aliphatic heterocycles. The van der Waals surface area contributed by atoms with E-state index in [1.807, 2.05) is 4.90 Å². The van der Waals surface area contributed by atoms with E-state index in [-0.39, 0.29) is 23.8 Å². The Bertz CT molecular complexity index is 596. The minimum atomic E-state index is -0.233. The molecule has 2 aliphatic rings. The summed E-state index contributed by atoms with van der Waals surface area (Å²) in [5, 5.41) is 10.8. The van der Waals surface area contributed by atoms with Crippen LogP contribution in [0.15, 0.2) is 6.20 Å². The van der Waals surface area contributed by atoms with Crippen molar-refractivity contribution in [1.82, 2.24) is 25.2 Å². The fraction of sp³-hybridized carbons (Fsp3) is 0.765. The van der Waals surface area contributed by atoms with Crippen molar-refractivity contribution in [1.29, 1.82) is 0 Å². The topological polar surface area (TPSA) is 106 Å². The molecule has 138 valence electrons. The Labute approximate surface area is 148 Å². The van der Waals surface area contributed by atoms with Crippen LogP contribution in [-0.4, -0.2) is 57.4 Å². The second kappa shape index (κ2) is 8.42. The third kappa shape index (κ3) is 4.56. The summed E-state index contributed by atoms with van der Waals surface area (Å²) >= 11 is 0. The molecule has 3 N–H and O–H groups in total. The largest absolute Gasteiger partial charge is 0.346 e. The number of amides is 2. The van der Waals surface area contributed by atoms with Crippen molar-refractivity contribution in [3.63, 3.8) is 0 Å². The standard InChI is InChI=1S/C17H28N6O2/c18-8-10-23-12-15(20-21-23)16(24)19-14-7-3-4-9-22(11-14)17(25)13-5-1-2-6-13/h12-14H,1-11,18H2,(H,19,24). The predicted molar refractivity (Wildman–Crippen MR) is 92.7 cm³/mol. The lowest BCUT2D eigenvalue weighted by molar-refractivity contribution is -0.135. The predicted octanol–water partition coefficient (Wildman–Crippen LogP) is 0.538. The van der Waals surface area contributed by atoms with E-state index < -0.39 is 0 Å². The summed E-state index contributed by atoms with van der Waals surface area (Å²) in [5.74, 6) is 0.224. The SMILES string of the molecule is NCCn1cc(C(=O)NC2CCCCN(C(=O)C3CCCC3)C2)nn1. The van der Waals surface area contributed by atoms with Crippen molar-refractivity contribution in [2.24, 2.45) is 11.7 Å². The second-order valence-corrected chi connectivity index (χ2v) is 7.09. The molecular formula is C17H28N6O2. The second-order valence-electron chi connectivity index (χ2n) is 7.09. The zero-order chi connectivity index (χ0) is 17.6. The molecule has 0 aromatic carbocycles. The lowest BCUT2D eigenvalue weighted by atomic mass is 10.1. The number of nitrogens with zero attached hydrogens (tertiary/aromatic N) is 4. The Balaban J connectivity index is 1.58. The molecule has 8 heteroatoms. The van der Waals surface area contributed by atoms with Crippen LogP contribution in [0.5, 0.6) is 0 Å². The first kappa shape index (κ1) is 17.8. The minimum Gasteiger partial charge on any atom is -0.346 e. The Hall–Kier alpha value is -1.96. The monoisotopic (exact) mass is 348 g/mol. The Morgan fingerprint density at radius 2 is 1.96 bits per heavy atom. The molecule has 1 aromatic heterocycles. The number of carbonyl (C=O) groups excluding carboxylic acids is 2. The van der Waals surface area contributed by atoms with Crippen LogP contribution in [0.25, 0.3) is 0 Å². The molecule has 1 saturated carbocycles. The van der Waals surface area contributed by atoms with E-state index in [1.54, 1.807) is 10.9 Å². The van der Waals surface area contributed by atoms with Crippen LogP contribution in [0, 0.1) is 5.92 Å². The average molecular weight is 348 g/mol. The summed E-state index contributed by atoms with van der Waals surface area (Å²) in [6.07, 6.45) is 8.84. The van der Waals surface area contributed by atoms with E-state index in [2.05, 4.69) is 15.6 Å². The Morgan fingerprint density at radius 3 is 2.72 bits per heavy atom. The highest BCUT2D eigenvalue weighted by Gasteiger charge is 2.30. The van der Waals surface area contributed by atoms with Crippen LogP contribution in [0.3, 0.4) is 0 Å². The van der Waals surface area contributed by atoms with Gasteiger partial charge in [-0.3, -0.25) is 14.3 Å². The number of hydrogen-bond donors (Lipinski definition) is 2. The van der Waals surface area contributed by atoms with Crippen molar-refractivity contribution in [3.8, 4) is 0 Å².